The van der Waals surface area contributed by atoms with Crippen molar-refractivity contribution in [3.05, 3.63) is 84.6 Å². The zero-order chi connectivity index (χ0) is 29.3. The monoisotopic (exact) mass is 604 g/mol. The number of nitrogens with zero attached hydrogens (tertiary/aromatic N) is 2. The summed E-state index contributed by atoms with van der Waals surface area (Å²) < 4.78 is 94.6. The molecule has 4 N–H and O–H groups in total. The number of nitrogens with one attached hydrogen (secondary N) is 4. The van der Waals surface area contributed by atoms with Crippen molar-refractivity contribution in [2.24, 2.45) is 0 Å². The van der Waals surface area contributed by atoms with Gasteiger partial charge in [0.25, 0.3) is 10.0 Å². The van der Waals surface area contributed by atoms with Crippen LogP contribution in [0.25, 0.3) is 11.1 Å². The first-order valence-electron chi connectivity index (χ1n) is 12.2. The first kappa shape index (κ1) is 28.3. The van der Waals surface area contributed by atoms with E-state index in [9.17, 15) is 30.0 Å². The Balaban J connectivity index is 1.40. The van der Waals surface area contributed by atoms with E-state index < -0.39 is 36.7 Å². The molecule has 214 valence electrons. The van der Waals surface area contributed by atoms with Gasteiger partial charge in [0.15, 0.2) is 0 Å². The van der Waals surface area contributed by atoms with Crippen molar-refractivity contribution in [1.82, 2.24) is 14.7 Å². The Labute approximate surface area is 234 Å². The molecule has 0 radical (unpaired) electrons. The lowest BCUT2D eigenvalue weighted by Crippen LogP contribution is -2.26. The molecule has 0 saturated heterocycles. The molecule has 5 rings (SSSR count). The highest BCUT2D eigenvalue weighted by molar-refractivity contribution is 7.92. The Morgan fingerprint density at radius 1 is 0.927 bits per heavy atom. The smallest absolute Gasteiger partial charge is 0.369 e. The number of alkyl halides is 3. The highest BCUT2D eigenvalue weighted by Gasteiger charge is 2.31. The van der Waals surface area contributed by atoms with E-state index in [1.165, 1.54) is 24.3 Å². The highest BCUT2D eigenvalue weighted by atomic mass is 32.2. The van der Waals surface area contributed by atoms with E-state index in [1.807, 2.05) is 0 Å². The molecule has 1 aliphatic heterocycles. The molecule has 1 aromatic heterocycles. The standard InChI is InChI=1S/C26H23F3N6O4S2/c27-26(28,29)18-4-1-6-21(14-18)41(38,39)35-19-10-8-17(9-11-19)23-16-31-25-33-20-5-2-7-22(15-20)40(36,37)32-13-3-12-30-24(23)34-25/h1-2,4-11,14-16,32,35H,3,12-13H2,(H2,30,31,33,34). The predicted octanol–water partition coefficient (Wildman–Crippen LogP) is 4.80. The molecule has 0 amide bonds. The van der Waals surface area contributed by atoms with Crippen LogP contribution in [0.3, 0.4) is 0 Å². The number of hydrogen-bond donors (Lipinski definition) is 4. The van der Waals surface area contributed by atoms with Gasteiger partial charge in [0.2, 0.25) is 16.0 Å². The van der Waals surface area contributed by atoms with E-state index in [1.54, 1.807) is 30.5 Å². The molecule has 4 bridgehead atoms. The van der Waals surface area contributed by atoms with Gasteiger partial charge >= 0.3 is 6.18 Å². The first-order chi connectivity index (χ1) is 19.4. The van der Waals surface area contributed by atoms with Gasteiger partial charge in [0.05, 0.1) is 15.4 Å². The van der Waals surface area contributed by atoms with Crippen LogP contribution in [0.4, 0.5) is 36.3 Å². The molecule has 2 heterocycles. The maximum atomic E-state index is 13.0. The average Bonchev–Trinajstić information content (AvgIpc) is 2.93. The lowest BCUT2D eigenvalue weighted by molar-refractivity contribution is -0.137. The molecule has 0 fully saturated rings. The minimum absolute atomic E-state index is 0.107. The molecule has 0 atom stereocenters. The summed E-state index contributed by atoms with van der Waals surface area (Å²) in [6, 6.07) is 15.9. The lowest BCUT2D eigenvalue weighted by atomic mass is 10.1. The molecular formula is C26H23F3N6O4S2. The van der Waals surface area contributed by atoms with Crippen LogP contribution in [0, 0.1) is 0 Å². The van der Waals surface area contributed by atoms with E-state index in [0.717, 1.165) is 18.2 Å². The van der Waals surface area contributed by atoms with Crippen molar-refractivity contribution in [3.8, 4) is 11.1 Å². The molecule has 3 aromatic carbocycles. The third-order valence-electron chi connectivity index (χ3n) is 6.05. The molecule has 10 nitrogen and oxygen atoms in total. The number of fused-ring (bicyclic) bond motifs is 4. The first-order valence-corrected chi connectivity index (χ1v) is 15.2. The Morgan fingerprint density at radius 2 is 1.68 bits per heavy atom. The van der Waals surface area contributed by atoms with Crippen LogP contribution in [-0.4, -0.2) is 39.9 Å². The maximum Gasteiger partial charge on any atom is 0.416 e. The molecule has 0 saturated carbocycles. The quantitative estimate of drug-likeness (QED) is 0.260. The van der Waals surface area contributed by atoms with Crippen molar-refractivity contribution in [2.75, 3.05) is 28.4 Å². The van der Waals surface area contributed by atoms with E-state index in [0.29, 0.717) is 41.7 Å². The van der Waals surface area contributed by atoms with Gasteiger partial charge in [-0.1, -0.05) is 24.3 Å². The Bertz CT molecular complexity index is 1800. The van der Waals surface area contributed by atoms with Crippen LogP contribution in [0.1, 0.15) is 12.0 Å². The third kappa shape index (κ3) is 6.58. The highest BCUT2D eigenvalue weighted by Crippen LogP contribution is 2.32. The lowest BCUT2D eigenvalue weighted by Gasteiger charge is -2.14. The second kappa shape index (κ2) is 11.0. The second-order valence-corrected chi connectivity index (χ2v) is 12.4. The molecule has 0 spiro atoms. The number of halogens is 3. The number of rotatable bonds is 4. The fraction of sp³-hybridized carbons (Fsp3) is 0.154. The number of hydrogen-bond acceptors (Lipinski definition) is 8. The van der Waals surface area contributed by atoms with Gasteiger partial charge in [0, 0.05) is 36.2 Å². The maximum absolute atomic E-state index is 13.0. The number of sulfonamides is 2. The van der Waals surface area contributed by atoms with E-state index in [2.05, 4.69) is 30.0 Å². The minimum Gasteiger partial charge on any atom is -0.369 e. The fourth-order valence-corrected chi connectivity index (χ4v) is 6.24. The molecular weight excluding hydrogens is 581 g/mol. The van der Waals surface area contributed by atoms with Crippen molar-refractivity contribution >= 4 is 43.2 Å². The molecule has 4 aromatic rings. The average molecular weight is 605 g/mol. The summed E-state index contributed by atoms with van der Waals surface area (Å²) in [7, 11) is -7.97. The van der Waals surface area contributed by atoms with Crippen LogP contribution >= 0.6 is 0 Å². The van der Waals surface area contributed by atoms with Gasteiger partial charge in [-0.05, 0) is 60.5 Å². The minimum atomic E-state index is -4.68. The van der Waals surface area contributed by atoms with Crippen LogP contribution in [0.15, 0.2) is 88.8 Å². The second-order valence-electron chi connectivity index (χ2n) is 9.00. The van der Waals surface area contributed by atoms with Gasteiger partial charge in [-0.15, -0.1) is 0 Å². The third-order valence-corrected chi connectivity index (χ3v) is 8.88. The van der Waals surface area contributed by atoms with Crippen molar-refractivity contribution in [3.63, 3.8) is 0 Å². The molecule has 41 heavy (non-hydrogen) atoms. The molecule has 1 aliphatic rings. The van der Waals surface area contributed by atoms with Crippen molar-refractivity contribution < 1.29 is 30.0 Å². The summed E-state index contributed by atoms with van der Waals surface area (Å²) in [5, 5.41) is 6.19. The van der Waals surface area contributed by atoms with Crippen LogP contribution in [0.2, 0.25) is 0 Å². The normalized spacial score (nSPS) is 15.3. The van der Waals surface area contributed by atoms with Gasteiger partial charge in [-0.2, -0.15) is 18.2 Å². The van der Waals surface area contributed by atoms with Gasteiger partial charge < -0.3 is 10.6 Å². The van der Waals surface area contributed by atoms with Crippen molar-refractivity contribution in [2.45, 2.75) is 22.4 Å². The van der Waals surface area contributed by atoms with Crippen molar-refractivity contribution in [1.29, 1.82) is 0 Å². The SMILES string of the molecule is O=S1(=O)NCCCNc2nc(ncc2-c2ccc(NS(=O)(=O)c3cccc(C(F)(F)F)c3)cc2)Nc2cccc1c2. The summed E-state index contributed by atoms with van der Waals surface area (Å²) in [5.41, 5.74) is 0.772. The largest absolute Gasteiger partial charge is 0.416 e. The Morgan fingerprint density at radius 3 is 2.44 bits per heavy atom. The van der Waals surface area contributed by atoms with E-state index in [4.69, 9.17) is 0 Å². The zero-order valence-electron chi connectivity index (χ0n) is 21.1. The predicted molar refractivity (Wildman–Crippen MR) is 148 cm³/mol. The number of anilines is 4. The summed E-state index contributed by atoms with van der Waals surface area (Å²) in [5.74, 6) is 0.682. The zero-order valence-corrected chi connectivity index (χ0v) is 22.7. The Hall–Kier alpha value is -4.21. The number of benzene rings is 3. The van der Waals surface area contributed by atoms with Crippen LogP contribution in [0.5, 0.6) is 0 Å². The molecule has 0 unspecified atom stereocenters. The Kier molecular flexibility index (Phi) is 7.59. The van der Waals surface area contributed by atoms with E-state index >= 15 is 0 Å². The van der Waals surface area contributed by atoms with E-state index in [-0.39, 0.29) is 23.1 Å². The number of aromatic nitrogens is 2. The molecule has 15 heteroatoms. The molecule has 0 aliphatic carbocycles. The summed E-state index contributed by atoms with van der Waals surface area (Å²) in [4.78, 5) is 8.48. The summed E-state index contributed by atoms with van der Waals surface area (Å²) in [6.07, 6.45) is -2.65. The van der Waals surface area contributed by atoms with Gasteiger partial charge in [-0.3, -0.25) is 4.72 Å². The van der Waals surface area contributed by atoms with Gasteiger partial charge in [-0.25, -0.2) is 26.5 Å². The summed E-state index contributed by atoms with van der Waals surface area (Å²) >= 11 is 0. The van der Waals surface area contributed by atoms with Crippen LogP contribution in [-0.2, 0) is 26.2 Å². The van der Waals surface area contributed by atoms with Gasteiger partial charge in [0.1, 0.15) is 5.82 Å². The fourth-order valence-electron chi connectivity index (χ4n) is 4.01. The van der Waals surface area contributed by atoms with Crippen LogP contribution < -0.4 is 20.1 Å². The topological polar surface area (TPSA) is 142 Å². The summed E-state index contributed by atoms with van der Waals surface area (Å²) in [6.45, 7) is 0.583.